The molecule has 2 rings (SSSR count). The van der Waals surface area contributed by atoms with Crippen LogP contribution >= 0.6 is 0 Å². The Balaban J connectivity index is 2.14. The third kappa shape index (κ3) is 2.42. The van der Waals surface area contributed by atoms with E-state index in [4.69, 9.17) is 10.0 Å². The van der Waals surface area contributed by atoms with Crippen molar-refractivity contribution in [1.29, 1.82) is 0 Å². The van der Waals surface area contributed by atoms with Gasteiger partial charge in [0.25, 0.3) is 0 Å². The highest BCUT2D eigenvalue weighted by atomic mass is 16.4. The average molecular weight is 218 g/mol. The number of nitrogens with zero attached hydrogens (tertiary/aromatic N) is 2. The molecule has 16 heavy (non-hydrogen) atoms. The number of aromatic nitrogens is 2. The number of hydrogen-bond acceptors (Lipinski definition) is 4. The maximum atomic E-state index is 9.27. The van der Waals surface area contributed by atoms with Gasteiger partial charge in [0, 0.05) is 6.20 Å². The third-order valence-corrected chi connectivity index (χ3v) is 2.18. The molecule has 0 unspecified atom stereocenters. The summed E-state index contributed by atoms with van der Waals surface area (Å²) >= 11 is 0. The Morgan fingerprint density at radius 3 is 2.69 bits per heavy atom. The molecule has 0 aliphatic carbocycles. The van der Waals surface area contributed by atoms with E-state index in [2.05, 4.69) is 5.10 Å². The third-order valence-electron chi connectivity index (χ3n) is 2.18. The minimum Gasteiger partial charge on any atom is -0.508 e. The van der Waals surface area contributed by atoms with E-state index in [0.29, 0.717) is 6.54 Å². The molecule has 0 amide bonds. The fourth-order valence-corrected chi connectivity index (χ4v) is 1.45. The molecule has 82 valence electrons. The lowest BCUT2D eigenvalue weighted by Crippen LogP contribution is -2.31. The number of rotatable bonds is 3. The van der Waals surface area contributed by atoms with Crippen LogP contribution in [-0.2, 0) is 6.54 Å². The Labute approximate surface area is 92.7 Å². The van der Waals surface area contributed by atoms with Crippen molar-refractivity contribution < 1.29 is 15.2 Å². The molecular weight excluding hydrogens is 207 g/mol. The second-order valence-electron chi connectivity index (χ2n) is 3.48. The van der Waals surface area contributed by atoms with Crippen LogP contribution in [0.25, 0.3) is 0 Å². The molecule has 1 heterocycles. The van der Waals surface area contributed by atoms with Gasteiger partial charge < -0.3 is 15.2 Å². The lowest BCUT2D eigenvalue weighted by atomic mass is 9.87. The standard InChI is InChI=1S/C10H11BN2O3/c14-9-3-1-2-8(6-9)7-13-5-4-10(12-13)11(15)16/h1-6,14-16H,7H2. The first-order valence-electron chi connectivity index (χ1n) is 4.82. The molecule has 3 N–H and O–H groups in total. The zero-order valence-corrected chi connectivity index (χ0v) is 8.48. The predicted octanol–water partition coefficient (Wildman–Crippen LogP) is -0.683. The van der Waals surface area contributed by atoms with Crippen molar-refractivity contribution in [2.75, 3.05) is 0 Å². The summed E-state index contributed by atoms with van der Waals surface area (Å²) in [5.41, 5.74) is 1.10. The van der Waals surface area contributed by atoms with E-state index >= 15 is 0 Å². The summed E-state index contributed by atoms with van der Waals surface area (Å²) < 4.78 is 1.57. The fourth-order valence-electron chi connectivity index (χ4n) is 1.45. The molecule has 0 bridgehead atoms. The van der Waals surface area contributed by atoms with E-state index in [1.165, 1.54) is 6.07 Å². The summed E-state index contributed by atoms with van der Waals surface area (Å²) in [6.07, 6.45) is 1.65. The van der Waals surface area contributed by atoms with Gasteiger partial charge in [-0.05, 0) is 23.8 Å². The first-order chi connectivity index (χ1) is 7.65. The molecule has 1 aromatic heterocycles. The monoisotopic (exact) mass is 218 g/mol. The highest BCUT2D eigenvalue weighted by Gasteiger charge is 2.14. The number of hydrogen-bond donors (Lipinski definition) is 3. The van der Waals surface area contributed by atoms with Crippen LogP contribution in [0.5, 0.6) is 5.75 Å². The van der Waals surface area contributed by atoms with Gasteiger partial charge >= 0.3 is 7.12 Å². The molecule has 2 aromatic rings. The van der Waals surface area contributed by atoms with Crippen LogP contribution in [0.15, 0.2) is 36.5 Å². The molecule has 0 aliphatic heterocycles. The van der Waals surface area contributed by atoms with Crippen molar-refractivity contribution >= 4 is 12.7 Å². The van der Waals surface area contributed by atoms with Crippen molar-refractivity contribution in [2.45, 2.75) is 6.54 Å². The van der Waals surface area contributed by atoms with E-state index in [1.54, 1.807) is 29.1 Å². The second kappa shape index (κ2) is 4.38. The topological polar surface area (TPSA) is 78.5 Å². The van der Waals surface area contributed by atoms with E-state index in [-0.39, 0.29) is 11.3 Å². The van der Waals surface area contributed by atoms with Crippen LogP contribution in [0, 0.1) is 0 Å². The number of phenolic OH excluding ortho intramolecular Hbond substituents is 1. The van der Waals surface area contributed by atoms with Crippen LogP contribution in [0.2, 0.25) is 0 Å². The Morgan fingerprint density at radius 2 is 2.06 bits per heavy atom. The van der Waals surface area contributed by atoms with Crippen molar-refractivity contribution in [3.05, 3.63) is 42.1 Å². The molecule has 0 fully saturated rings. The Hall–Kier alpha value is -1.79. The maximum Gasteiger partial charge on any atom is 0.510 e. The predicted molar refractivity (Wildman–Crippen MR) is 59.3 cm³/mol. The molecule has 0 radical (unpaired) electrons. The zero-order chi connectivity index (χ0) is 11.5. The number of benzene rings is 1. The summed E-state index contributed by atoms with van der Waals surface area (Å²) in [7, 11) is -1.55. The van der Waals surface area contributed by atoms with E-state index < -0.39 is 7.12 Å². The molecule has 6 heteroatoms. The van der Waals surface area contributed by atoms with Crippen molar-refractivity contribution in [1.82, 2.24) is 9.78 Å². The zero-order valence-electron chi connectivity index (χ0n) is 8.48. The summed E-state index contributed by atoms with van der Waals surface area (Å²) in [5, 5.41) is 31.0. The molecule has 1 aromatic carbocycles. The van der Waals surface area contributed by atoms with Crippen LogP contribution in [-0.4, -0.2) is 32.1 Å². The average Bonchev–Trinajstić information content (AvgIpc) is 2.66. The molecule has 0 aliphatic rings. The van der Waals surface area contributed by atoms with E-state index in [1.807, 2.05) is 6.07 Å². The van der Waals surface area contributed by atoms with Gasteiger partial charge in [-0.15, -0.1) is 0 Å². The van der Waals surface area contributed by atoms with Crippen LogP contribution in [0.4, 0.5) is 0 Å². The molecule has 5 nitrogen and oxygen atoms in total. The van der Waals surface area contributed by atoms with Gasteiger partial charge in [0.2, 0.25) is 0 Å². The summed E-state index contributed by atoms with van der Waals surface area (Å²) in [6, 6.07) is 8.37. The minimum absolute atomic E-state index is 0.201. The normalized spacial score (nSPS) is 10.4. The van der Waals surface area contributed by atoms with E-state index in [0.717, 1.165) is 5.56 Å². The SMILES string of the molecule is OB(O)c1ccn(Cc2cccc(O)c2)n1. The smallest absolute Gasteiger partial charge is 0.508 e. The Kier molecular flexibility index (Phi) is 2.94. The molecule has 0 spiro atoms. The maximum absolute atomic E-state index is 9.27. The van der Waals surface area contributed by atoms with Gasteiger partial charge in [-0.25, -0.2) is 0 Å². The Morgan fingerprint density at radius 1 is 1.25 bits per heavy atom. The van der Waals surface area contributed by atoms with Gasteiger partial charge in [0.05, 0.1) is 12.1 Å². The quantitative estimate of drug-likeness (QED) is 0.596. The van der Waals surface area contributed by atoms with Crippen LogP contribution < -0.4 is 5.59 Å². The lowest BCUT2D eigenvalue weighted by molar-refractivity contribution is 0.423. The number of aromatic hydroxyl groups is 1. The summed E-state index contributed by atoms with van der Waals surface area (Å²) in [5.74, 6) is 0.201. The molecular formula is C10H11BN2O3. The van der Waals surface area contributed by atoms with Crippen LogP contribution in [0.1, 0.15) is 5.56 Å². The fraction of sp³-hybridized carbons (Fsp3) is 0.100. The molecule has 0 atom stereocenters. The van der Waals surface area contributed by atoms with E-state index in [9.17, 15) is 5.11 Å². The highest BCUT2D eigenvalue weighted by molar-refractivity contribution is 6.57. The van der Waals surface area contributed by atoms with Crippen molar-refractivity contribution in [2.24, 2.45) is 0 Å². The largest absolute Gasteiger partial charge is 0.510 e. The first kappa shape index (κ1) is 10.7. The lowest BCUT2D eigenvalue weighted by Gasteiger charge is -2.02. The minimum atomic E-state index is -1.55. The summed E-state index contributed by atoms with van der Waals surface area (Å²) in [4.78, 5) is 0. The first-order valence-corrected chi connectivity index (χ1v) is 4.82. The van der Waals surface area contributed by atoms with Crippen molar-refractivity contribution in [3.63, 3.8) is 0 Å². The van der Waals surface area contributed by atoms with Gasteiger partial charge in [-0.1, -0.05) is 12.1 Å². The van der Waals surface area contributed by atoms with Crippen molar-refractivity contribution in [3.8, 4) is 5.75 Å². The Bertz CT molecular complexity index is 484. The van der Waals surface area contributed by atoms with Gasteiger partial charge in [-0.3, -0.25) is 4.68 Å². The summed E-state index contributed by atoms with van der Waals surface area (Å²) in [6.45, 7) is 0.473. The second-order valence-corrected chi connectivity index (χ2v) is 3.48. The highest BCUT2D eigenvalue weighted by Crippen LogP contribution is 2.11. The molecule has 0 saturated heterocycles. The van der Waals surface area contributed by atoms with Gasteiger partial charge in [0.1, 0.15) is 5.75 Å². The molecule has 0 saturated carbocycles. The van der Waals surface area contributed by atoms with Crippen LogP contribution in [0.3, 0.4) is 0 Å². The number of phenols is 1. The van der Waals surface area contributed by atoms with Gasteiger partial charge in [0.15, 0.2) is 0 Å². The van der Waals surface area contributed by atoms with Gasteiger partial charge in [-0.2, -0.15) is 5.10 Å².